The second kappa shape index (κ2) is 4.63. The van der Waals surface area contributed by atoms with Crippen molar-refractivity contribution in [1.29, 1.82) is 0 Å². The maximum atomic E-state index is 5.11. The lowest BCUT2D eigenvalue weighted by Gasteiger charge is -1.97. The number of hydrogen-bond donors (Lipinski definition) is 0. The fourth-order valence-corrected chi connectivity index (χ4v) is 2.64. The quantitative estimate of drug-likeness (QED) is 0.606. The van der Waals surface area contributed by atoms with Crippen molar-refractivity contribution in [1.82, 2.24) is 4.49 Å². The highest BCUT2D eigenvalue weighted by molar-refractivity contribution is 7.98. The van der Waals surface area contributed by atoms with Crippen molar-refractivity contribution >= 4 is 23.3 Å². The first kappa shape index (κ1) is 10.4. The van der Waals surface area contributed by atoms with E-state index in [1.54, 1.807) is 18.9 Å². The molecule has 0 radical (unpaired) electrons. The Kier molecular flexibility index (Phi) is 3.23. The number of hydrogen-bond acceptors (Lipinski definition) is 4. The van der Waals surface area contributed by atoms with Crippen molar-refractivity contribution in [3.8, 4) is 11.4 Å². The summed E-state index contributed by atoms with van der Waals surface area (Å²) in [4.78, 5) is 0. The summed E-state index contributed by atoms with van der Waals surface area (Å²) in [7, 11) is 1.66. The third-order valence-electron chi connectivity index (χ3n) is 2.02. The van der Waals surface area contributed by atoms with Crippen LogP contribution in [0, 0.1) is 0 Å². The van der Waals surface area contributed by atoms with Crippen LogP contribution in [-0.2, 0) is 0 Å². The van der Waals surface area contributed by atoms with E-state index < -0.39 is 0 Å². The summed E-state index contributed by atoms with van der Waals surface area (Å²) in [5.74, 6) is 0.861. The number of ether oxygens (including phenoxy) is 1. The Morgan fingerprint density at radius 2 is 2.07 bits per heavy atom. The van der Waals surface area contributed by atoms with E-state index in [2.05, 4.69) is 4.49 Å². The van der Waals surface area contributed by atoms with E-state index >= 15 is 0 Å². The number of nitrogens with zero attached hydrogens (tertiary/aromatic N) is 2. The molecule has 2 aromatic rings. The topological polar surface area (TPSA) is 26.0 Å². The molecule has 0 aliphatic carbocycles. The Morgan fingerprint density at radius 3 is 2.67 bits per heavy atom. The van der Waals surface area contributed by atoms with Gasteiger partial charge in [0.05, 0.1) is 17.0 Å². The van der Waals surface area contributed by atoms with Gasteiger partial charge in [-0.1, -0.05) is 11.8 Å². The Morgan fingerprint density at radius 1 is 1.33 bits per heavy atom. The molecule has 0 amide bonds. The summed E-state index contributed by atoms with van der Waals surface area (Å²) in [6.45, 7) is 0. The van der Waals surface area contributed by atoms with Gasteiger partial charge in [-0.2, -0.15) is 0 Å². The molecule has 0 saturated heterocycles. The third kappa shape index (κ3) is 2.13. The van der Waals surface area contributed by atoms with Gasteiger partial charge < -0.3 is 4.74 Å². The van der Waals surface area contributed by atoms with Gasteiger partial charge in [0.15, 0.2) is 0 Å². The molecule has 0 bridgehead atoms. The molecule has 15 heavy (non-hydrogen) atoms. The zero-order chi connectivity index (χ0) is 10.7. The van der Waals surface area contributed by atoms with Gasteiger partial charge in [0.1, 0.15) is 5.75 Å². The molecule has 78 valence electrons. The van der Waals surface area contributed by atoms with E-state index in [0.717, 1.165) is 16.5 Å². The van der Waals surface area contributed by atoms with Crippen LogP contribution in [0.2, 0.25) is 0 Å². The van der Waals surface area contributed by atoms with Gasteiger partial charge in [0, 0.05) is 23.7 Å². The second-order valence-electron chi connectivity index (χ2n) is 2.86. The van der Waals surface area contributed by atoms with E-state index in [-0.39, 0.29) is 0 Å². The molecule has 2 rings (SSSR count). The number of methoxy groups -OCH3 is 1. The first-order valence-electron chi connectivity index (χ1n) is 4.40. The van der Waals surface area contributed by atoms with Crippen LogP contribution in [0.1, 0.15) is 0 Å². The van der Waals surface area contributed by atoms with E-state index in [9.17, 15) is 0 Å². The smallest absolute Gasteiger partial charge is 0.285 e. The largest absolute Gasteiger partial charge is 0.497 e. The Labute approximate surface area is 96.9 Å². The van der Waals surface area contributed by atoms with Crippen LogP contribution in [0.4, 0.5) is 0 Å². The van der Waals surface area contributed by atoms with Crippen molar-refractivity contribution in [3.05, 3.63) is 29.6 Å². The molecule has 0 unspecified atom stereocenters. The highest BCUT2D eigenvalue weighted by Crippen LogP contribution is 2.15. The average Bonchev–Trinajstić information content (AvgIpc) is 2.77. The molecule has 0 aliphatic heterocycles. The minimum Gasteiger partial charge on any atom is -0.497 e. The molecule has 1 aromatic carbocycles. The molecule has 0 saturated carbocycles. The van der Waals surface area contributed by atoms with Crippen molar-refractivity contribution in [3.63, 3.8) is 0 Å². The maximum absolute atomic E-state index is 5.11. The van der Waals surface area contributed by atoms with Gasteiger partial charge in [0.2, 0.25) is 5.69 Å². The summed E-state index contributed by atoms with van der Waals surface area (Å²) < 4.78 is 11.3. The van der Waals surface area contributed by atoms with Crippen molar-refractivity contribution < 1.29 is 9.42 Å². The van der Waals surface area contributed by atoms with Gasteiger partial charge in [-0.05, 0) is 23.1 Å². The summed E-state index contributed by atoms with van der Waals surface area (Å²) >= 11 is 3.14. The summed E-state index contributed by atoms with van der Waals surface area (Å²) in [6, 6.07) is 7.87. The number of benzene rings is 1. The Balaban J connectivity index is 2.37. The molecule has 0 fully saturated rings. The van der Waals surface area contributed by atoms with Crippen LogP contribution in [0.25, 0.3) is 5.69 Å². The summed E-state index contributed by atoms with van der Waals surface area (Å²) in [6.07, 6.45) is 2.05. The van der Waals surface area contributed by atoms with Crippen molar-refractivity contribution in [2.75, 3.05) is 13.4 Å². The third-order valence-corrected chi connectivity index (χ3v) is 3.46. The normalized spacial score (nSPS) is 10.3. The van der Waals surface area contributed by atoms with Gasteiger partial charge in [-0.15, -0.1) is 0 Å². The van der Waals surface area contributed by atoms with Gasteiger partial charge in [0.25, 0.3) is 5.03 Å². The molecule has 0 N–H and O–H groups in total. The minimum absolute atomic E-state index is 0.861. The molecule has 1 aromatic heterocycles. The Hall–Kier alpha value is -1.07. The lowest BCUT2D eigenvalue weighted by molar-refractivity contribution is -0.688. The molecular formula is C10H11N2OS2+. The fraction of sp³-hybridized carbons (Fsp3) is 0.200. The van der Waals surface area contributed by atoms with Gasteiger partial charge >= 0.3 is 0 Å². The highest BCUT2D eigenvalue weighted by atomic mass is 32.2. The minimum atomic E-state index is 0.861. The van der Waals surface area contributed by atoms with E-state index in [1.807, 2.05) is 40.6 Å². The highest BCUT2D eigenvalue weighted by Gasteiger charge is 2.16. The van der Waals surface area contributed by atoms with Crippen LogP contribution >= 0.6 is 23.3 Å². The fourth-order valence-electron chi connectivity index (χ4n) is 1.24. The predicted molar refractivity (Wildman–Crippen MR) is 62.0 cm³/mol. The summed E-state index contributed by atoms with van der Waals surface area (Å²) in [5, 5.41) is 3.18. The first-order valence-corrected chi connectivity index (χ1v) is 6.46. The van der Waals surface area contributed by atoms with Crippen LogP contribution in [0.15, 0.2) is 34.7 Å². The first-order chi connectivity index (χ1) is 7.35. The number of rotatable bonds is 3. The molecule has 3 nitrogen and oxygen atoms in total. The molecule has 0 atom stereocenters. The van der Waals surface area contributed by atoms with Crippen LogP contribution in [0.5, 0.6) is 5.75 Å². The number of thioether (sulfide) groups is 1. The number of aromatic nitrogens is 2. The monoisotopic (exact) mass is 239 g/mol. The molecular weight excluding hydrogens is 228 g/mol. The van der Waals surface area contributed by atoms with E-state index in [0.29, 0.717) is 0 Å². The standard InChI is InChI=1S/C10H11N2OS2/c1-13-9-5-3-8(4-6-9)12-10(14-2)7-15-11-12/h3-7H,1-2H3/q+1. The van der Waals surface area contributed by atoms with Gasteiger partial charge in [-0.3, -0.25) is 0 Å². The Bertz CT molecular complexity index is 439. The van der Waals surface area contributed by atoms with Crippen molar-refractivity contribution in [2.45, 2.75) is 5.03 Å². The predicted octanol–water partition coefficient (Wildman–Crippen LogP) is 2.15. The molecule has 0 aliphatic rings. The lowest BCUT2D eigenvalue weighted by atomic mass is 10.3. The van der Waals surface area contributed by atoms with Gasteiger partial charge in [-0.25, -0.2) is 0 Å². The molecule has 5 heteroatoms. The van der Waals surface area contributed by atoms with Crippen LogP contribution < -0.4 is 9.42 Å². The van der Waals surface area contributed by atoms with Crippen LogP contribution in [-0.4, -0.2) is 17.9 Å². The lowest BCUT2D eigenvalue weighted by Crippen LogP contribution is -2.33. The van der Waals surface area contributed by atoms with E-state index in [4.69, 9.17) is 4.74 Å². The zero-order valence-corrected chi connectivity index (χ0v) is 10.1. The molecule has 1 heterocycles. The molecule has 0 spiro atoms. The zero-order valence-electron chi connectivity index (χ0n) is 8.51. The average molecular weight is 239 g/mol. The van der Waals surface area contributed by atoms with Crippen LogP contribution in [0.3, 0.4) is 0 Å². The van der Waals surface area contributed by atoms with E-state index in [1.165, 1.54) is 11.5 Å². The van der Waals surface area contributed by atoms with Crippen molar-refractivity contribution in [2.24, 2.45) is 0 Å². The summed E-state index contributed by atoms with van der Waals surface area (Å²) in [5.41, 5.74) is 1.06. The maximum Gasteiger partial charge on any atom is 0.285 e. The SMILES string of the molecule is COc1ccc(-[n+]2nscc2SC)cc1. The second-order valence-corrected chi connectivity index (χ2v) is 4.29.